The monoisotopic (exact) mass is 530 g/mol. The highest BCUT2D eigenvalue weighted by molar-refractivity contribution is 5.91. The smallest absolute Gasteiger partial charge is 0.338 e. The first-order chi connectivity index (χ1) is 18.3. The molecule has 0 aliphatic heterocycles. The van der Waals surface area contributed by atoms with E-state index in [2.05, 4.69) is 6.92 Å². The Labute approximate surface area is 225 Å². The van der Waals surface area contributed by atoms with Crippen LogP contribution in [0, 0.1) is 0 Å². The molecule has 8 heteroatoms. The number of ether oxygens (including phenoxy) is 2. The summed E-state index contributed by atoms with van der Waals surface area (Å²) in [4.78, 5) is 25.1. The van der Waals surface area contributed by atoms with Gasteiger partial charge in [-0.15, -0.1) is 0 Å². The third-order valence-corrected chi connectivity index (χ3v) is 6.33. The Kier molecular flexibility index (Phi) is 13.9. The summed E-state index contributed by atoms with van der Waals surface area (Å²) in [6, 6.07) is 6.91. The minimum absolute atomic E-state index is 0.0218. The van der Waals surface area contributed by atoms with Gasteiger partial charge in [0.25, 0.3) is 0 Å². The quantitative estimate of drug-likeness (QED) is 0.120. The maximum absolute atomic E-state index is 12.6. The van der Waals surface area contributed by atoms with Crippen LogP contribution >= 0.6 is 0 Å². The predicted octanol–water partition coefficient (Wildman–Crippen LogP) is 6.98. The second-order valence-electron chi connectivity index (χ2n) is 9.78. The molecule has 0 radical (unpaired) electrons. The number of hydrogen-bond donors (Lipinski definition) is 4. The van der Waals surface area contributed by atoms with E-state index in [9.17, 15) is 30.0 Å². The molecule has 0 saturated carbocycles. The first-order valence-electron chi connectivity index (χ1n) is 13.7. The molecule has 0 heterocycles. The van der Waals surface area contributed by atoms with E-state index in [1.54, 1.807) is 0 Å². The average molecular weight is 531 g/mol. The Balaban J connectivity index is 1.82. The van der Waals surface area contributed by atoms with E-state index in [-0.39, 0.29) is 40.7 Å². The Bertz CT molecular complexity index is 963. The van der Waals surface area contributed by atoms with Gasteiger partial charge < -0.3 is 29.9 Å². The topological polar surface area (TPSA) is 134 Å². The number of carbonyl (C=O) groups is 2. The van der Waals surface area contributed by atoms with E-state index < -0.39 is 18.0 Å². The van der Waals surface area contributed by atoms with Crippen LogP contribution in [0.3, 0.4) is 0 Å². The third kappa shape index (κ3) is 12.2. The SMILES string of the molecule is CCCCCCCCCCCCCCC(COC(=O)c1cc(O)cc(O)c1)OC(=O)c1cc(O)cc(O)c1. The second-order valence-corrected chi connectivity index (χ2v) is 9.78. The van der Waals surface area contributed by atoms with Crippen molar-refractivity contribution >= 4 is 11.9 Å². The van der Waals surface area contributed by atoms with Gasteiger partial charge in [-0.05, 0) is 37.1 Å². The molecule has 1 unspecified atom stereocenters. The van der Waals surface area contributed by atoms with Crippen molar-refractivity contribution < 1.29 is 39.5 Å². The zero-order valence-electron chi connectivity index (χ0n) is 22.4. The van der Waals surface area contributed by atoms with Crippen LogP contribution in [0.25, 0.3) is 0 Å². The molecule has 0 aliphatic rings. The van der Waals surface area contributed by atoms with E-state index in [0.29, 0.717) is 6.42 Å². The number of unbranched alkanes of at least 4 members (excludes halogenated alkanes) is 11. The Morgan fingerprint density at radius 1 is 0.605 bits per heavy atom. The fourth-order valence-corrected chi connectivity index (χ4v) is 4.29. The molecular formula is C30H42O8. The Hall–Kier alpha value is -3.42. The predicted molar refractivity (Wildman–Crippen MR) is 145 cm³/mol. The summed E-state index contributed by atoms with van der Waals surface area (Å²) in [5, 5.41) is 38.6. The number of hydrogen-bond acceptors (Lipinski definition) is 8. The number of phenols is 4. The number of phenolic OH excluding ortho intramolecular Hbond substituents is 4. The summed E-state index contributed by atoms with van der Waals surface area (Å²) in [6.45, 7) is 2.01. The standard InChI is InChI=1S/C30H42O8/c1-2-3-4-5-6-7-8-9-10-11-12-13-14-28(38-30(36)23-17-26(33)20-27(34)18-23)21-37-29(35)22-15-24(31)19-25(32)16-22/h15-20,28,31-34H,2-14,21H2,1H3. The van der Waals surface area contributed by atoms with Crippen molar-refractivity contribution in [2.24, 2.45) is 0 Å². The van der Waals surface area contributed by atoms with E-state index in [1.165, 1.54) is 75.6 Å². The van der Waals surface area contributed by atoms with Gasteiger partial charge in [0.05, 0.1) is 11.1 Å². The van der Waals surface area contributed by atoms with Gasteiger partial charge in [0.15, 0.2) is 0 Å². The van der Waals surface area contributed by atoms with Crippen LogP contribution in [0.15, 0.2) is 36.4 Å². The summed E-state index contributed by atoms with van der Waals surface area (Å²) in [6.07, 6.45) is 14.0. The van der Waals surface area contributed by atoms with Crippen LogP contribution < -0.4 is 0 Å². The molecule has 0 amide bonds. The summed E-state index contributed by atoms with van der Waals surface area (Å²) in [5.41, 5.74) is -0.0535. The maximum Gasteiger partial charge on any atom is 0.338 e. The van der Waals surface area contributed by atoms with Crippen molar-refractivity contribution in [1.82, 2.24) is 0 Å². The lowest BCUT2D eigenvalue weighted by atomic mass is 10.0. The average Bonchev–Trinajstić information content (AvgIpc) is 2.86. The van der Waals surface area contributed by atoms with Gasteiger partial charge in [0.2, 0.25) is 0 Å². The third-order valence-electron chi connectivity index (χ3n) is 6.33. The Morgan fingerprint density at radius 2 is 1.00 bits per heavy atom. The molecule has 1 atom stereocenters. The molecule has 2 aromatic carbocycles. The van der Waals surface area contributed by atoms with Crippen molar-refractivity contribution in [3.63, 3.8) is 0 Å². The van der Waals surface area contributed by atoms with E-state index in [4.69, 9.17) is 9.47 Å². The fourth-order valence-electron chi connectivity index (χ4n) is 4.29. The molecule has 0 bridgehead atoms. The molecule has 38 heavy (non-hydrogen) atoms. The molecule has 2 rings (SSSR count). The van der Waals surface area contributed by atoms with E-state index in [1.807, 2.05) is 0 Å². The van der Waals surface area contributed by atoms with Crippen LogP contribution in [0.2, 0.25) is 0 Å². The first-order valence-corrected chi connectivity index (χ1v) is 13.7. The normalized spacial score (nSPS) is 11.7. The maximum atomic E-state index is 12.6. The largest absolute Gasteiger partial charge is 0.508 e. The summed E-state index contributed by atoms with van der Waals surface area (Å²) in [7, 11) is 0. The molecular weight excluding hydrogens is 488 g/mol. The van der Waals surface area contributed by atoms with Crippen LogP contribution in [-0.2, 0) is 9.47 Å². The van der Waals surface area contributed by atoms with Crippen molar-refractivity contribution in [1.29, 1.82) is 0 Å². The number of aromatic hydroxyl groups is 4. The number of rotatable bonds is 18. The molecule has 4 N–H and O–H groups in total. The van der Waals surface area contributed by atoms with Gasteiger partial charge in [-0.1, -0.05) is 77.6 Å². The minimum atomic E-state index is -0.776. The molecule has 0 aliphatic carbocycles. The number of benzene rings is 2. The van der Waals surface area contributed by atoms with Gasteiger partial charge in [0, 0.05) is 12.1 Å². The van der Waals surface area contributed by atoms with Crippen LogP contribution in [0.5, 0.6) is 23.0 Å². The van der Waals surface area contributed by atoms with Gasteiger partial charge in [0.1, 0.15) is 35.7 Å². The van der Waals surface area contributed by atoms with E-state index >= 15 is 0 Å². The minimum Gasteiger partial charge on any atom is -0.508 e. The molecule has 0 spiro atoms. The van der Waals surface area contributed by atoms with Crippen LogP contribution in [0.1, 0.15) is 111 Å². The van der Waals surface area contributed by atoms with Crippen molar-refractivity contribution in [3.8, 4) is 23.0 Å². The van der Waals surface area contributed by atoms with Crippen LogP contribution in [0.4, 0.5) is 0 Å². The van der Waals surface area contributed by atoms with Gasteiger partial charge >= 0.3 is 11.9 Å². The Morgan fingerprint density at radius 3 is 1.45 bits per heavy atom. The molecule has 0 fully saturated rings. The van der Waals surface area contributed by atoms with Gasteiger partial charge in [-0.2, -0.15) is 0 Å². The van der Waals surface area contributed by atoms with Gasteiger partial charge in [-0.25, -0.2) is 9.59 Å². The lowest BCUT2D eigenvalue weighted by molar-refractivity contribution is -0.00346. The van der Waals surface area contributed by atoms with Crippen molar-refractivity contribution in [3.05, 3.63) is 47.5 Å². The number of esters is 2. The molecule has 8 nitrogen and oxygen atoms in total. The van der Waals surface area contributed by atoms with E-state index in [0.717, 1.165) is 37.8 Å². The molecule has 0 aromatic heterocycles. The van der Waals surface area contributed by atoms with Gasteiger partial charge in [-0.3, -0.25) is 0 Å². The molecule has 0 saturated heterocycles. The van der Waals surface area contributed by atoms with Crippen molar-refractivity contribution in [2.45, 2.75) is 96.5 Å². The molecule has 2 aromatic rings. The highest BCUT2D eigenvalue weighted by Gasteiger charge is 2.20. The first kappa shape index (κ1) is 30.8. The summed E-state index contributed by atoms with van der Waals surface area (Å²) >= 11 is 0. The molecule has 210 valence electrons. The van der Waals surface area contributed by atoms with Crippen molar-refractivity contribution in [2.75, 3.05) is 6.61 Å². The highest BCUT2D eigenvalue weighted by atomic mass is 16.6. The zero-order valence-corrected chi connectivity index (χ0v) is 22.4. The number of carbonyl (C=O) groups excluding carboxylic acids is 2. The fraction of sp³-hybridized carbons (Fsp3) is 0.533. The lowest BCUT2D eigenvalue weighted by Gasteiger charge is -2.18. The summed E-state index contributed by atoms with van der Waals surface area (Å²) in [5.74, 6) is -2.64. The zero-order chi connectivity index (χ0) is 27.8. The summed E-state index contributed by atoms with van der Waals surface area (Å²) < 4.78 is 10.8. The van der Waals surface area contributed by atoms with Crippen LogP contribution in [-0.4, -0.2) is 45.1 Å². The second kappa shape index (κ2) is 17.2. The lowest BCUT2D eigenvalue weighted by Crippen LogP contribution is -2.25. The highest BCUT2D eigenvalue weighted by Crippen LogP contribution is 2.23.